The summed E-state index contributed by atoms with van der Waals surface area (Å²) in [6, 6.07) is 4.16. The minimum absolute atomic E-state index is 0.0336. The standard InChI is InChI=1S/C18H25N3O4S/c1-3-18(2)17(23)19-15-10-9-13(11-14(15)16(22)20-18)26(24,25)21-12-7-5-4-6-8-12/h9-12,21H,3-8H2,1-2H3,(H,19,23)(H,20,22). The molecule has 3 N–H and O–H groups in total. The van der Waals surface area contributed by atoms with Gasteiger partial charge in [-0.25, -0.2) is 13.1 Å². The number of fused-ring (bicyclic) bond motifs is 1. The molecule has 1 unspecified atom stereocenters. The molecule has 1 saturated carbocycles. The topological polar surface area (TPSA) is 104 Å². The van der Waals surface area contributed by atoms with Crippen molar-refractivity contribution < 1.29 is 18.0 Å². The lowest BCUT2D eigenvalue weighted by atomic mass is 9.96. The first-order chi connectivity index (χ1) is 12.2. The highest BCUT2D eigenvalue weighted by molar-refractivity contribution is 7.89. The number of nitrogens with one attached hydrogen (secondary N) is 3. The van der Waals surface area contributed by atoms with Gasteiger partial charge in [0.1, 0.15) is 5.54 Å². The number of carbonyl (C=O) groups is 2. The van der Waals surface area contributed by atoms with Crippen molar-refractivity contribution in [1.82, 2.24) is 10.0 Å². The molecule has 1 fully saturated rings. The first-order valence-electron chi connectivity index (χ1n) is 9.05. The Balaban J connectivity index is 1.90. The van der Waals surface area contributed by atoms with E-state index in [-0.39, 0.29) is 22.4 Å². The molecular formula is C18H25N3O4S. The van der Waals surface area contributed by atoms with Gasteiger partial charge in [0.15, 0.2) is 0 Å². The summed E-state index contributed by atoms with van der Waals surface area (Å²) < 4.78 is 28.1. The number of carbonyl (C=O) groups excluding carboxylic acids is 2. The van der Waals surface area contributed by atoms with Crippen molar-refractivity contribution in [3.63, 3.8) is 0 Å². The Labute approximate surface area is 154 Å². The maximum Gasteiger partial charge on any atom is 0.254 e. The van der Waals surface area contributed by atoms with E-state index < -0.39 is 21.5 Å². The number of benzene rings is 1. The lowest BCUT2D eigenvalue weighted by Gasteiger charge is -2.25. The molecular weight excluding hydrogens is 354 g/mol. The maximum atomic E-state index is 12.7. The van der Waals surface area contributed by atoms with E-state index in [0.717, 1.165) is 32.1 Å². The third-order valence-corrected chi connectivity index (χ3v) is 6.84. The van der Waals surface area contributed by atoms with Crippen LogP contribution in [0.1, 0.15) is 62.7 Å². The Hall–Kier alpha value is -1.93. The van der Waals surface area contributed by atoms with Crippen LogP contribution >= 0.6 is 0 Å². The van der Waals surface area contributed by atoms with Gasteiger partial charge in [0.05, 0.1) is 16.1 Å². The molecule has 0 spiro atoms. The molecule has 1 atom stereocenters. The molecule has 1 aromatic carbocycles. The summed E-state index contributed by atoms with van der Waals surface area (Å²) in [5, 5.41) is 5.42. The fourth-order valence-corrected chi connectivity index (χ4v) is 4.71. The largest absolute Gasteiger partial charge is 0.338 e. The van der Waals surface area contributed by atoms with Crippen LogP contribution in [0.25, 0.3) is 0 Å². The van der Waals surface area contributed by atoms with Crippen LogP contribution in [0, 0.1) is 0 Å². The third-order valence-electron chi connectivity index (χ3n) is 5.32. The van der Waals surface area contributed by atoms with Crippen molar-refractivity contribution in [1.29, 1.82) is 0 Å². The Morgan fingerprint density at radius 1 is 1.19 bits per heavy atom. The van der Waals surface area contributed by atoms with E-state index in [4.69, 9.17) is 0 Å². The molecule has 0 aromatic heterocycles. The number of amides is 2. The van der Waals surface area contributed by atoms with E-state index in [0.29, 0.717) is 12.1 Å². The Bertz CT molecular complexity index is 831. The highest BCUT2D eigenvalue weighted by atomic mass is 32.2. The maximum absolute atomic E-state index is 12.7. The molecule has 8 heteroatoms. The summed E-state index contributed by atoms with van der Waals surface area (Å²) in [4.78, 5) is 25.0. The van der Waals surface area contributed by atoms with Gasteiger partial charge in [-0.2, -0.15) is 0 Å². The molecule has 1 heterocycles. The predicted molar refractivity (Wildman–Crippen MR) is 98.4 cm³/mol. The molecule has 0 bridgehead atoms. The second-order valence-corrected chi connectivity index (χ2v) is 8.97. The molecule has 1 aliphatic carbocycles. The molecule has 1 aromatic rings. The molecule has 2 aliphatic rings. The highest BCUT2D eigenvalue weighted by Gasteiger charge is 2.37. The lowest BCUT2D eigenvalue weighted by Crippen LogP contribution is -2.52. The fraction of sp³-hybridized carbons (Fsp3) is 0.556. The van der Waals surface area contributed by atoms with Crippen LogP contribution < -0.4 is 15.4 Å². The summed E-state index contributed by atoms with van der Waals surface area (Å²) in [6.45, 7) is 3.45. The van der Waals surface area contributed by atoms with Crippen LogP contribution in [-0.2, 0) is 14.8 Å². The average molecular weight is 379 g/mol. The van der Waals surface area contributed by atoms with Crippen molar-refractivity contribution in [2.75, 3.05) is 5.32 Å². The van der Waals surface area contributed by atoms with Crippen molar-refractivity contribution in [3.8, 4) is 0 Å². The zero-order valence-electron chi connectivity index (χ0n) is 15.1. The third kappa shape index (κ3) is 3.61. The highest BCUT2D eigenvalue weighted by Crippen LogP contribution is 2.27. The zero-order chi connectivity index (χ0) is 18.9. The molecule has 7 nitrogen and oxygen atoms in total. The Morgan fingerprint density at radius 2 is 1.88 bits per heavy atom. The van der Waals surface area contributed by atoms with E-state index in [2.05, 4.69) is 15.4 Å². The second-order valence-electron chi connectivity index (χ2n) is 7.26. The molecule has 1 aliphatic heterocycles. The lowest BCUT2D eigenvalue weighted by molar-refractivity contribution is -0.121. The molecule has 142 valence electrons. The van der Waals surface area contributed by atoms with Gasteiger partial charge in [0, 0.05) is 6.04 Å². The van der Waals surface area contributed by atoms with E-state index in [1.165, 1.54) is 18.2 Å². The van der Waals surface area contributed by atoms with Crippen molar-refractivity contribution in [3.05, 3.63) is 23.8 Å². The smallest absolute Gasteiger partial charge is 0.254 e. The first-order valence-corrected chi connectivity index (χ1v) is 10.5. The number of hydrogen-bond acceptors (Lipinski definition) is 4. The minimum Gasteiger partial charge on any atom is -0.338 e. The zero-order valence-corrected chi connectivity index (χ0v) is 15.9. The fourth-order valence-electron chi connectivity index (χ4n) is 3.38. The summed E-state index contributed by atoms with van der Waals surface area (Å²) in [5.41, 5.74) is -0.557. The summed E-state index contributed by atoms with van der Waals surface area (Å²) in [7, 11) is -3.72. The van der Waals surface area contributed by atoms with Crippen molar-refractivity contribution in [2.24, 2.45) is 0 Å². The van der Waals surface area contributed by atoms with Crippen molar-refractivity contribution in [2.45, 2.75) is 68.8 Å². The predicted octanol–water partition coefficient (Wildman–Crippen LogP) is 2.15. The van der Waals surface area contributed by atoms with Gasteiger partial charge in [0.25, 0.3) is 5.91 Å². The first kappa shape index (κ1) is 18.8. The molecule has 3 rings (SSSR count). The molecule has 2 amide bonds. The van der Waals surface area contributed by atoms with Crippen molar-refractivity contribution >= 4 is 27.5 Å². The molecule has 26 heavy (non-hydrogen) atoms. The number of anilines is 1. The molecule has 0 saturated heterocycles. The van der Waals surface area contributed by atoms with Crippen LogP contribution in [0.2, 0.25) is 0 Å². The number of sulfonamides is 1. The number of hydrogen-bond donors (Lipinski definition) is 3. The van der Waals surface area contributed by atoms with Gasteiger partial charge in [-0.05, 0) is 44.4 Å². The van der Waals surface area contributed by atoms with E-state index >= 15 is 0 Å². The SMILES string of the molecule is CCC1(C)NC(=O)c2cc(S(=O)(=O)NC3CCCCC3)ccc2NC1=O. The Kier molecular flexibility index (Phi) is 5.07. The van der Waals surface area contributed by atoms with Gasteiger partial charge in [-0.1, -0.05) is 26.2 Å². The molecule has 0 radical (unpaired) electrons. The quantitative estimate of drug-likeness (QED) is 0.745. The normalized spacial score (nSPS) is 24.4. The van der Waals surface area contributed by atoms with E-state index in [1.54, 1.807) is 13.8 Å². The minimum atomic E-state index is -3.72. The number of rotatable bonds is 4. The van der Waals surface area contributed by atoms with Crippen LogP contribution in [0.3, 0.4) is 0 Å². The van der Waals surface area contributed by atoms with Crippen LogP contribution in [0.5, 0.6) is 0 Å². The van der Waals surface area contributed by atoms with Gasteiger partial charge < -0.3 is 10.6 Å². The van der Waals surface area contributed by atoms with Gasteiger partial charge in [-0.3, -0.25) is 9.59 Å². The van der Waals surface area contributed by atoms with Crippen LogP contribution in [0.15, 0.2) is 23.1 Å². The Morgan fingerprint density at radius 3 is 2.54 bits per heavy atom. The summed E-state index contributed by atoms with van der Waals surface area (Å²) in [6.07, 6.45) is 5.24. The van der Waals surface area contributed by atoms with E-state index in [1.807, 2.05) is 0 Å². The van der Waals surface area contributed by atoms with Gasteiger partial charge in [0.2, 0.25) is 15.9 Å². The van der Waals surface area contributed by atoms with Crippen LogP contribution in [-0.4, -0.2) is 31.8 Å². The summed E-state index contributed by atoms with van der Waals surface area (Å²) >= 11 is 0. The average Bonchev–Trinajstić information content (AvgIpc) is 2.70. The van der Waals surface area contributed by atoms with Crippen LogP contribution in [0.4, 0.5) is 5.69 Å². The van der Waals surface area contributed by atoms with E-state index in [9.17, 15) is 18.0 Å². The van der Waals surface area contributed by atoms with Gasteiger partial charge >= 0.3 is 0 Å². The summed E-state index contributed by atoms with van der Waals surface area (Å²) in [5.74, 6) is -0.777. The second kappa shape index (κ2) is 7.00. The van der Waals surface area contributed by atoms with Gasteiger partial charge in [-0.15, -0.1) is 0 Å². The monoisotopic (exact) mass is 379 g/mol.